The lowest BCUT2D eigenvalue weighted by Crippen LogP contribution is -2.56. The summed E-state index contributed by atoms with van der Waals surface area (Å²) in [4.78, 5) is 22.9. The van der Waals surface area contributed by atoms with E-state index in [-0.39, 0.29) is 11.9 Å². The van der Waals surface area contributed by atoms with Crippen molar-refractivity contribution in [3.05, 3.63) is 0 Å². The quantitative estimate of drug-likeness (QED) is 0.640. The molecule has 1 amide bonds. The van der Waals surface area contributed by atoms with Crippen molar-refractivity contribution >= 4 is 11.9 Å². The summed E-state index contributed by atoms with van der Waals surface area (Å²) in [6, 6.07) is -0.226. The summed E-state index contributed by atoms with van der Waals surface area (Å²) in [5.41, 5.74) is -1.14. The fraction of sp³-hybridized carbons (Fsp3) is 0.818. The van der Waals surface area contributed by atoms with Crippen LogP contribution in [0.5, 0.6) is 0 Å². The van der Waals surface area contributed by atoms with Crippen molar-refractivity contribution in [2.24, 2.45) is 0 Å². The van der Waals surface area contributed by atoms with Gasteiger partial charge in [0.1, 0.15) is 5.54 Å². The Bertz CT molecular complexity index is 274. The van der Waals surface area contributed by atoms with Crippen molar-refractivity contribution in [2.45, 2.75) is 51.1 Å². The number of amides is 1. The zero-order valence-corrected chi connectivity index (χ0v) is 9.88. The SMILES string of the molecule is CCCC(C)(NC(=O)C1CCCN1)C(=O)O. The maximum Gasteiger partial charge on any atom is 0.329 e. The van der Waals surface area contributed by atoms with Crippen LogP contribution in [0.1, 0.15) is 39.5 Å². The summed E-state index contributed by atoms with van der Waals surface area (Å²) >= 11 is 0. The highest BCUT2D eigenvalue weighted by molar-refractivity contribution is 5.89. The van der Waals surface area contributed by atoms with Gasteiger partial charge in [-0.3, -0.25) is 4.79 Å². The Morgan fingerprint density at radius 1 is 1.56 bits per heavy atom. The molecule has 2 unspecified atom stereocenters. The normalized spacial score (nSPS) is 23.8. The van der Waals surface area contributed by atoms with E-state index in [1.165, 1.54) is 0 Å². The number of carbonyl (C=O) groups excluding carboxylic acids is 1. The highest BCUT2D eigenvalue weighted by Gasteiger charge is 2.36. The molecule has 1 rings (SSSR count). The monoisotopic (exact) mass is 228 g/mol. The van der Waals surface area contributed by atoms with Crippen molar-refractivity contribution < 1.29 is 14.7 Å². The summed E-state index contributed by atoms with van der Waals surface area (Å²) in [7, 11) is 0. The number of aliphatic carboxylic acids is 1. The smallest absolute Gasteiger partial charge is 0.329 e. The zero-order chi connectivity index (χ0) is 12.2. The van der Waals surface area contributed by atoms with Crippen LogP contribution in [0, 0.1) is 0 Å². The molecule has 3 N–H and O–H groups in total. The van der Waals surface area contributed by atoms with Gasteiger partial charge in [-0.2, -0.15) is 0 Å². The minimum atomic E-state index is -1.14. The number of hydrogen-bond donors (Lipinski definition) is 3. The highest BCUT2D eigenvalue weighted by Crippen LogP contribution is 2.14. The molecule has 0 aromatic carbocycles. The van der Waals surface area contributed by atoms with Crippen LogP contribution in [-0.4, -0.2) is 35.1 Å². The first-order chi connectivity index (χ1) is 7.49. The number of rotatable bonds is 5. The van der Waals surface area contributed by atoms with E-state index in [1.807, 2.05) is 6.92 Å². The van der Waals surface area contributed by atoms with Gasteiger partial charge in [-0.15, -0.1) is 0 Å². The standard InChI is InChI=1S/C11H20N2O3/c1-3-6-11(2,10(15)16)13-9(14)8-5-4-7-12-8/h8,12H,3-7H2,1-2H3,(H,13,14)(H,15,16). The fourth-order valence-corrected chi connectivity index (χ4v) is 1.99. The van der Waals surface area contributed by atoms with Crippen molar-refractivity contribution in [2.75, 3.05) is 6.54 Å². The molecule has 5 heteroatoms. The molecule has 5 nitrogen and oxygen atoms in total. The van der Waals surface area contributed by atoms with Crippen LogP contribution < -0.4 is 10.6 Å². The zero-order valence-electron chi connectivity index (χ0n) is 9.88. The molecule has 1 aliphatic heterocycles. The van der Waals surface area contributed by atoms with E-state index < -0.39 is 11.5 Å². The Morgan fingerprint density at radius 3 is 2.69 bits per heavy atom. The predicted molar refractivity (Wildman–Crippen MR) is 60.1 cm³/mol. The van der Waals surface area contributed by atoms with Crippen molar-refractivity contribution in [1.82, 2.24) is 10.6 Å². The number of nitrogens with one attached hydrogen (secondary N) is 2. The molecule has 1 aliphatic rings. The molecule has 92 valence electrons. The number of carboxylic acids is 1. The van der Waals surface area contributed by atoms with Gasteiger partial charge in [-0.05, 0) is 32.7 Å². The lowest BCUT2D eigenvalue weighted by molar-refractivity contribution is -0.147. The van der Waals surface area contributed by atoms with E-state index in [0.717, 1.165) is 25.8 Å². The number of hydrogen-bond acceptors (Lipinski definition) is 3. The third-order valence-corrected chi connectivity index (χ3v) is 3.00. The average Bonchev–Trinajstić information content (AvgIpc) is 2.70. The first-order valence-corrected chi connectivity index (χ1v) is 5.78. The van der Waals surface area contributed by atoms with Crippen LogP contribution in [0.25, 0.3) is 0 Å². The van der Waals surface area contributed by atoms with Crippen LogP contribution in [0.3, 0.4) is 0 Å². The van der Waals surface area contributed by atoms with Gasteiger partial charge in [0.15, 0.2) is 0 Å². The van der Waals surface area contributed by atoms with Gasteiger partial charge in [0, 0.05) is 0 Å². The molecule has 0 bridgehead atoms. The predicted octanol–water partition coefficient (Wildman–Crippen LogP) is 0.498. The molecule has 0 saturated carbocycles. The Labute approximate surface area is 95.6 Å². The van der Waals surface area contributed by atoms with E-state index in [9.17, 15) is 9.59 Å². The summed E-state index contributed by atoms with van der Waals surface area (Å²) < 4.78 is 0. The van der Waals surface area contributed by atoms with Gasteiger partial charge in [0.2, 0.25) is 5.91 Å². The Balaban J connectivity index is 2.60. The molecular formula is C11H20N2O3. The maximum absolute atomic E-state index is 11.8. The van der Waals surface area contributed by atoms with Crippen LogP contribution in [0.4, 0.5) is 0 Å². The Hall–Kier alpha value is -1.10. The van der Waals surface area contributed by atoms with Gasteiger partial charge in [-0.1, -0.05) is 13.3 Å². The van der Waals surface area contributed by atoms with Gasteiger partial charge < -0.3 is 15.7 Å². The minimum Gasteiger partial charge on any atom is -0.480 e. The second-order valence-electron chi connectivity index (χ2n) is 4.53. The van der Waals surface area contributed by atoms with Crippen molar-refractivity contribution in [3.8, 4) is 0 Å². The molecule has 0 radical (unpaired) electrons. The largest absolute Gasteiger partial charge is 0.480 e. The summed E-state index contributed by atoms with van der Waals surface area (Å²) in [6.07, 6.45) is 2.92. The highest BCUT2D eigenvalue weighted by atomic mass is 16.4. The molecule has 1 fully saturated rings. The molecule has 0 aliphatic carbocycles. The van der Waals surface area contributed by atoms with Gasteiger partial charge in [-0.25, -0.2) is 4.79 Å². The van der Waals surface area contributed by atoms with Crippen molar-refractivity contribution in [1.29, 1.82) is 0 Å². The van der Waals surface area contributed by atoms with E-state index >= 15 is 0 Å². The molecule has 0 aromatic heterocycles. The fourth-order valence-electron chi connectivity index (χ4n) is 1.99. The second-order valence-corrected chi connectivity index (χ2v) is 4.53. The molecule has 2 atom stereocenters. The third-order valence-electron chi connectivity index (χ3n) is 3.00. The van der Waals surface area contributed by atoms with E-state index in [4.69, 9.17) is 5.11 Å². The Kier molecular flexibility index (Phi) is 4.29. The summed E-state index contributed by atoms with van der Waals surface area (Å²) in [5.74, 6) is -1.17. The number of carboxylic acid groups (broad SMARTS) is 1. The average molecular weight is 228 g/mol. The third kappa shape index (κ3) is 2.95. The van der Waals surface area contributed by atoms with Gasteiger partial charge >= 0.3 is 5.97 Å². The van der Waals surface area contributed by atoms with Crippen LogP contribution in [0.15, 0.2) is 0 Å². The van der Waals surface area contributed by atoms with Crippen LogP contribution in [0.2, 0.25) is 0 Å². The molecule has 0 aromatic rings. The minimum absolute atomic E-state index is 0.198. The number of carbonyl (C=O) groups is 2. The summed E-state index contributed by atoms with van der Waals surface area (Å²) in [5, 5.41) is 14.8. The summed E-state index contributed by atoms with van der Waals surface area (Å²) in [6.45, 7) is 4.29. The van der Waals surface area contributed by atoms with E-state index in [0.29, 0.717) is 6.42 Å². The van der Waals surface area contributed by atoms with E-state index in [1.54, 1.807) is 6.92 Å². The first kappa shape index (κ1) is 13.0. The van der Waals surface area contributed by atoms with Gasteiger partial charge in [0.25, 0.3) is 0 Å². The van der Waals surface area contributed by atoms with Crippen LogP contribution in [-0.2, 0) is 9.59 Å². The molecule has 1 saturated heterocycles. The molecule has 0 spiro atoms. The topological polar surface area (TPSA) is 78.4 Å². The van der Waals surface area contributed by atoms with Crippen LogP contribution >= 0.6 is 0 Å². The Morgan fingerprint density at radius 2 is 2.25 bits per heavy atom. The maximum atomic E-state index is 11.8. The second kappa shape index (κ2) is 5.30. The van der Waals surface area contributed by atoms with E-state index in [2.05, 4.69) is 10.6 Å². The molecular weight excluding hydrogens is 208 g/mol. The molecule has 16 heavy (non-hydrogen) atoms. The first-order valence-electron chi connectivity index (χ1n) is 5.78. The lowest BCUT2D eigenvalue weighted by Gasteiger charge is -2.27. The van der Waals surface area contributed by atoms with Crippen molar-refractivity contribution in [3.63, 3.8) is 0 Å². The molecule has 1 heterocycles. The van der Waals surface area contributed by atoms with Gasteiger partial charge in [0.05, 0.1) is 6.04 Å². The lowest BCUT2D eigenvalue weighted by atomic mass is 9.95.